The zero-order valence-corrected chi connectivity index (χ0v) is 17.8. The quantitative estimate of drug-likeness (QED) is 0.210. The molecule has 3 heteroatoms. The smallest absolute Gasteiger partial charge is 0.0579 e. The summed E-state index contributed by atoms with van der Waals surface area (Å²) in [6, 6.07) is 25.7. The molecule has 4 rings (SSSR count). The number of rotatable bonds is 0. The van der Waals surface area contributed by atoms with E-state index in [2.05, 4.69) is 86.6 Å². The summed E-state index contributed by atoms with van der Waals surface area (Å²) < 4.78 is 1.86. The summed E-state index contributed by atoms with van der Waals surface area (Å²) in [4.78, 5) is 0. The first-order valence-electron chi connectivity index (χ1n) is 8.21. The van der Waals surface area contributed by atoms with Gasteiger partial charge in [0.1, 0.15) is 0 Å². The maximum atomic E-state index is 5.34. The summed E-state index contributed by atoms with van der Waals surface area (Å²) in [6.07, 6.45) is 0. The van der Waals surface area contributed by atoms with Gasteiger partial charge in [-0.25, -0.2) is 0 Å². The standard InChI is InChI=1S/2C10H9.C2H4.2ClH.Ti/c2*1-8-6-9-4-2-3-5-10(9)7-8;1-2;;;/h2*2-7H,1H3;1H,2H3;2*1H;/q2*-1;;;;+2/p-2. The van der Waals surface area contributed by atoms with E-state index < -0.39 is 15.3 Å². The van der Waals surface area contributed by atoms with Crippen molar-refractivity contribution in [2.75, 3.05) is 0 Å². The number of aryl methyl sites for hydroxylation is 2. The van der Waals surface area contributed by atoms with Crippen molar-refractivity contribution in [3.8, 4) is 0 Å². The molecule has 4 aromatic carbocycles. The van der Waals surface area contributed by atoms with Gasteiger partial charge in [0.05, 0.1) is 0 Å². The average molecular weight is 405 g/mol. The Kier molecular flexibility index (Phi) is 8.13. The topological polar surface area (TPSA) is 0 Å². The number of fused-ring (bicyclic) bond motifs is 2. The minimum atomic E-state index is -1.54. The molecule has 0 atom stereocenters. The molecular weight excluding hydrogens is 383 g/mol. The van der Waals surface area contributed by atoms with Gasteiger partial charge in [0.15, 0.2) is 0 Å². The van der Waals surface area contributed by atoms with Crippen LogP contribution in [0.4, 0.5) is 0 Å². The van der Waals surface area contributed by atoms with Crippen molar-refractivity contribution in [3.63, 3.8) is 0 Å². The van der Waals surface area contributed by atoms with Gasteiger partial charge in [-0.05, 0) is 0 Å². The van der Waals surface area contributed by atoms with E-state index in [1.54, 1.807) is 0 Å². The van der Waals surface area contributed by atoms with Crippen molar-refractivity contribution in [2.45, 2.75) is 20.8 Å². The van der Waals surface area contributed by atoms with E-state index >= 15 is 0 Å². The number of hydrogen-bond acceptors (Lipinski definition) is 0. The summed E-state index contributed by atoms with van der Waals surface area (Å²) in [5.41, 5.74) is 2.70. The molecule has 0 aliphatic heterocycles. The van der Waals surface area contributed by atoms with Gasteiger partial charge in [0.25, 0.3) is 0 Å². The SMILES string of the molecule is C[CH]=[Ti]([Cl])[Cl].Cc1cc2ccccc2[cH-]1.Cc1cc2ccccc2[cH-]1. The molecule has 0 aromatic heterocycles. The van der Waals surface area contributed by atoms with E-state index in [4.69, 9.17) is 18.6 Å². The van der Waals surface area contributed by atoms with Crippen LogP contribution in [0, 0.1) is 13.8 Å². The van der Waals surface area contributed by atoms with E-state index in [-0.39, 0.29) is 0 Å². The molecule has 0 fully saturated rings. The summed E-state index contributed by atoms with van der Waals surface area (Å²) in [7, 11) is 10.7. The fourth-order valence-corrected chi connectivity index (χ4v) is 2.61. The average Bonchev–Trinajstić information content (AvgIpc) is 3.16. The summed E-state index contributed by atoms with van der Waals surface area (Å²) in [5, 5.41) is 5.39. The predicted molar refractivity (Wildman–Crippen MR) is 112 cm³/mol. The second-order valence-electron chi connectivity index (χ2n) is 5.90. The molecule has 0 saturated carbocycles. The Morgan fingerprint density at radius 1 is 0.760 bits per heavy atom. The van der Waals surface area contributed by atoms with E-state index in [9.17, 15) is 0 Å². The predicted octanol–water partition coefficient (Wildman–Crippen LogP) is 7.47. The second-order valence-corrected chi connectivity index (χ2v) is 11.9. The van der Waals surface area contributed by atoms with Gasteiger partial charge >= 0.3 is 45.1 Å². The number of halogens is 2. The van der Waals surface area contributed by atoms with Crippen molar-refractivity contribution < 1.29 is 15.3 Å². The molecule has 0 nitrogen and oxygen atoms in total. The van der Waals surface area contributed by atoms with Gasteiger partial charge in [-0.15, -0.1) is 81.2 Å². The van der Waals surface area contributed by atoms with Crippen LogP contribution >= 0.6 is 18.6 Å². The Morgan fingerprint density at radius 2 is 1.12 bits per heavy atom. The van der Waals surface area contributed by atoms with E-state index in [1.165, 1.54) is 32.7 Å². The molecule has 0 N–H and O–H groups in total. The maximum absolute atomic E-state index is 5.34. The Hall–Kier alpha value is -1.18. The van der Waals surface area contributed by atoms with Crippen LogP contribution in [0.3, 0.4) is 0 Å². The van der Waals surface area contributed by atoms with Crippen LogP contribution in [0.5, 0.6) is 0 Å². The van der Waals surface area contributed by atoms with E-state index in [0.29, 0.717) is 0 Å². The number of benzene rings is 2. The first-order valence-corrected chi connectivity index (χ1v) is 13.4. The molecule has 0 unspecified atom stereocenters. The third-order valence-electron chi connectivity index (χ3n) is 3.74. The van der Waals surface area contributed by atoms with Crippen molar-refractivity contribution in [2.24, 2.45) is 0 Å². The largest absolute Gasteiger partial charge is 0.165 e. The third kappa shape index (κ3) is 6.57. The van der Waals surface area contributed by atoms with Gasteiger partial charge < -0.3 is 0 Å². The van der Waals surface area contributed by atoms with Gasteiger partial charge in [-0.1, -0.05) is 26.0 Å². The summed E-state index contributed by atoms with van der Waals surface area (Å²) in [5.74, 6) is 0. The first-order chi connectivity index (χ1) is 12.0. The molecule has 0 amide bonds. The van der Waals surface area contributed by atoms with Crippen LogP contribution in [-0.2, 0) is 15.3 Å². The molecule has 25 heavy (non-hydrogen) atoms. The van der Waals surface area contributed by atoms with Crippen molar-refractivity contribution in [1.29, 1.82) is 0 Å². The molecule has 130 valence electrons. The zero-order valence-electron chi connectivity index (χ0n) is 14.8. The van der Waals surface area contributed by atoms with E-state index in [1.807, 2.05) is 11.2 Å². The van der Waals surface area contributed by atoms with Crippen LogP contribution in [0.25, 0.3) is 21.5 Å². The Labute approximate surface area is 163 Å². The van der Waals surface area contributed by atoms with Gasteiger partial charge in [0.2, 0.25) is 0 Å². The molecule has 0 saturated heterocycles. The molecule has 0 aliphatic rings. The second kappa shape index (κ2) is 10.1. The zero-order chi connectivity index (χ0) is 18.2. The van der Waals surface area contributed by atoms with Crippen LogP contribution in [-0.4, -0.2) is 4.31 Å². The summed E-state index contributed by atoms with van der Waals surface area (Å²) >= 11 is -1.54. The van der Waals surface area contributed by atoms with Crippen molar-refractivity contribution in [1.82, 2.24) is 0 Å². The summed E-state index contributed by atoms with van der Waals surface area (Å²) in [6.45, 7) is 6.13. The third-order valence-corrected chi connectivity index (χ3v) is 6.22. The van der Waals surface area contributed by atoms with Gasteiger partial charge in [0, 0.05) is 0 Å². The van der Waals surface area contributed by atoms with Gasteiger partial charge in [-0.2, -0.15) is 12.1 Å². The van der Waals surface area contributed by atoms with E-state index in [0.717, 1.165) is 0 Å². The normalized spacial score (nSPS) is 9.80. The fraction of sp³-hybridized carbons (Fsp3) is 0.136. The van der Waals surface area contributed by atoms with Crippen LogP contribution < -0.4 is 0 Å². The minimum absolute atomic E-state index is 1.35. The van der Waals surface area contributed by atoms with Crippen LogP contribution in [0.1, 0.15) is 18.1 Å². The van der Waals surface area contributed by atoms with Crippen molar-refractivity contribution >= 4 is 44.5 Å². The van der Waals surface area contributed by atoms with Crippen molar-refractivity contribution in [3.05, 3.63) is 83.9 Å². The van der Waals surface area contributed by atoms with Crippen LogP contribution in [0.15, 0.2) is 72.8 Å². The molecule has 0 bridgehead atoms. The number of hydrogen-bond donors (Lipinski definition) is 0. The molecule has 0 heterocycles. The molecule has 0 aliphatic carbocycles. The Bertz CT molecular complexity index is 818. The monoisotopic (exact) mass is 404 g/mol. The Morgan fingerprint density at radius 3 is 1.44 bits per heavy atom. The first kappa shape index (κ1) is 20.1. The molecule has 0 spiro atoms. The molecule has 0 radical (unpaired) electrons. The minimum Gasteiger partial charge on any atom is -0.165 e. The van der Waals surface area contributed by atoms with Crippen LogP contribution in [0.2, 0.25) is 0 Å². The van der Waals surface area contributed by atoms with Gasteiger partial charge in [-0.3, -0.25) is 0 Å². The molecular formula is C22H22Cl2Ti-2. The Balaban J connectivity index is 0.000000144. The maximum Gasteiger partial charge on any atom is -0.0579 e. The molecule has 4 aromatic rings. The fourth-order valence-electron chi connectivity index (χ4n) is 2.61.